The molecule has 0 saturated carbocycles. The number of rotatable bonds is 2. The van der Waals surface area contributed by atoms with Gasteiger partial charge in [0.2, 0.25) is 0 Å². The molecular formula is C9H12KN. The minimum atomic E-state index is 0. The third kappa shape index (κ3) is 5.12. The van der Waals surface area contributed by atoms with Crippen molar-refractivity contribution in [3.05, 3.63) is 41.6 Å². The normalized spacial score (nSPS) is 11.8. The Morgan fingerprint density at radius 3 is 2.27 bits per heavy atom. The van der Waals surface area contributed by atoms with E-state index in [0.29, 0.717) is 0 Å². The molecule has 0 amide bonds. The molecule has 0 aliphatic heterocycles. The summed E-state index contributed by atoms with van der Waals surface area (Å²) in [6.45, 7) is 1.91. The number of hydrogen-bond acceptors (Lipinski definition) is 0. The van der Waals surface area contributed by atoms with Crippen molar-refractivity contribution >= 4 is 0 Å². The molecule has 1 rings (SSSR count). The molecule has 0 saturated heterocycles. The predicted octanol–water partition coefficient (Wildman–Crippen LogP) is -0.326. The molecule has 1 aromatic rings. The third-order valence-electron chi connectivity index (χ3n) is 1.38. The first-order chi connectivity index (χ1) is 4.79. The van der Waals surface area contributed by atoms with E-state index in [4.69, 9.17) is 5.73 Å². The van der Waals surface area contributed by atoms with Gasteiger partial charge in [-0.2, -0.15) is 0 Å². The topological polar surface area (TPSA) is 23.8 Å². The van der Waals surface area contributed by atoms with Crippen LogP contribution in [0.4, 0.5) is 0 Å². The molecule has 0 aromatic heterocycles. The molecule has 1 aromatic carbocycles. The van der Waals surface area contributed by atoms with Crippen molar-refractivity contribution in [1.29, 1.82) is 0 Å². The Morgan fingerprint density at radius 1 is 1.27 bits per heavy atom. The van der Waals surface area contributed by atoms with Crippen LogP contribution in [-0.4, -0.2) is 6.04 Å². The zero-order valence-corrected chi connectivity index (χ0v) is 10.3. The summed E-state index contributed by atoms with van der Waals surface area (Å²) in [6, 6.07) is 10.2. The summed E-state index contributed by atoms with van der Waals surface area (Å²) in [5.41, 5.74) is 8.57. The smallest absolute Gasteiger partial charge is 0.675 e. The zero-order valence-electron chi connectivity index (χ0n) is 7.17. The van der Waals surface area contributed by atoms with Gasteiger partial charge in [0.1, 0.15) is 0 Å². The minimum Gasteiger partial charge on any atom is -0.675 e. The molecular weight excluding hydrogens is 161 g/mol. The molecule has 1 unspecified atom stereocenters. The number of benzene rings is 1. The van der Waals surface area contributed by atoms with Gasteiger partial charge in [0.15, 0.2) is 0 Å². The number of hydrogen-bond donors (Lipinski definition) is 0. The van der Waals surface area contributed by atoms with Crippen LogP contribution in [0, 0.1) is 0 Å². The Labute approximate surface area is 111 Å². The Morgan fingerprint density at radius 2 is 1.82 bits per heavy atom. The van der Waals surface area contributed by atoms with Gasteiger partial charge in [0.25, 0.3) is 0 Å². The van der Waals surface area contributed by atoms with E-state index >= 15 is 0 Å². The maximum absolute atomic E-state index is 7.32. The van der Waals surface area contributed by atoms with E-state index < -0.39 is 0 Å². The Kier molecular flexibility index (Phi) is 6.82. The fraction of sp³-hybridized carbons (Fsp3) is 0.333. The van der Waals surface area contributed by atoms with Crippen molar-refractivity contribution in [2.24, 2.45) is 0 Å². The van der Waals surface area contributed by atoms with Crippen molar-refractivity contribution < 1.29 is 51.4 Å². The monoisotopic (exact) mass is 173 g/mol. The van der Waals surface area contributed by atoms with Crippen LogP contribution in [0.1, 0.15) is 12.5 Å². The van der Waals surface area contributed by atoms with Gasteiger partial charge in [0.05, 0.1) is 0 Å². The van der Waals surface area contributed by atoms with Crippen molar-refractivity contribution in [3.8, 4) is 0 Å². The molecule has 2 heteroatoms. The van der Waals surface area contributed by atoms with Crippen LogP contribution in [-0.2, 0) is 6.42 Å². The summed E-state index contributed by atoms with van der Waals surface area (Å²) in [7, 11) is 0. The maximum Gasteiger partial charge on any atom is 1.00 e. The van der Waals surface area contributed by atoms with E-state index in [2.05, 4.69) is 12.1 Å². The van der Waals surface area contributed by atoms with E-state index in [-0.39, 0.29) is 57.4 Å². The molecule has 1 N–H and O–H groups in total. The second kappa shape index (κ2) is 6.35. The van der Waals surface area contributed by atoms with Crippen molar-refractivity contribution in [3.63, 3.8) is 0 Å². The van der Waals surface area contributed by atoms with Crippen LogP contribution in [0.25, 0.3) is 5.73 Å². The van der Waals surface area contributed by atoms with Crippen molar-refractivity contribution in [1.82, 2.24) is 0 Å². The molecule has 0 aliphatic rings. The first-order valence-corrected chi connectivity index (χ1v) is 3.54. The molecule has 1 nitrogen and oxygen atoms in total. The average Bonchev–Trinajstić information content (AvgIpc) is 1.88. The molecule has 0 bridgehead atoms. The van der Waals surface area contributed by atoms with Gasteiger partial charge >= 0.3 is 51.4 Å². The van der Waals surface area contributed by atoms with E-state index in [1.165, 1.54) is 5.56 Å². The quantitative estimate of drug-likeness (QED) is 0.547. The number of nitrogens with one attached hydrogen (secondary N) is 1. The molecule has 54 valence electrons. The van der Waals surface area contributed by atoms with Crippen LogP contribution in [0.3, 0.4) is 0 Å². The summed E-state index contributed by atoms with van der Waals surface area (Å²) in [5, 5.41) is 0. The molecule has 0 aliphatic carbocycles. The average molecular weight is 173 g/mol. The van der Waals surface area contributed by atoms with Crippen LogP contribution in [0.2, 0.25) is 0 Å². The Hall–Kier alpha value is 0.816. The zero-order chi connectivity index (χ0) is 7.40. The van der Waals surface area contributed by atoms with Gasteiger partial charge in [-0.05, 0) is 12.0 Å². The van der Waals surface area contributed by atoms with Gasteiger partial charge in [-0.1, -0.05) is 37.3 Å². The van der Waals surface area contributed by atoms with Gasteiger partial charge in [0, 0.05) is 0 Å². The molecule has 11 heavy (non-hydrogen) atoms. The fourth-order valence-corrected chi connectivity index (χ4v) is 0.968. The molecule has 0 heterocycles. The largest absolute Gasteiger partial charge is 1.00 e. The van der Waals surface area contributed by atoms with Crippen molar-refractivity contribution in [2.45, 2.75) is 19.4 Å². The SMILES string of the molecule is CC([NH-])Cc1ccccc1.[K+]. The molecule has 0 fully saturated rings. The second-order valence-corrected chi connectivity index (χ2v) is 2.59. The molecule has 0 spiro atoms. The summed E-state index contributed by atoms with van der Waals surface area (Å²) in [4.78, 5) is 0. The summed E-state index contributed by atoms with van der Waals surface area (Å²) >= 11 is 0. The van der Waals surface area contributed by atoms with E-state index in [0.717, 1.165) is 6.42 Å². The van der Waals surface area contributed by atoms with Gasteiger partial charge in [-0.15, -0.1) is 6.04 Å². The predicted molar refractivity (Wildman–Crippen MR) is 43.9 cm³/mol. The van der Waals surface area contributed by atoms with Crippen LogP contribution < -0.4 is 51.4 Å². The summed E-state index contributed by atoms with van der Waals surface area (Å²) in [5.74, 6) is 0. The fourth-order valence-electron chi connectivity index (χ4n) is 0.968. The minimum absolute atomic E-state index is 0. The van der Waals surface area contributed by atoms with Crippen LogP contribution in [0.15, 0.2) is 30.3 Å². The van der Waals surface area contributed by atoms with Gasteiger partial charge in [-0.25, -0.2) is 0 Å². The van der Waals surface area contributed by atoms with E-state index in [1.54, 1.807) is 0 Å². The molecule has 1 atom stereocenters. The molecule has 0 radical (unpaired) electrons. The Bertz CT molecular complexity index is 184. The third-order valence-corrected chi connectivity index (χ3v) is 1.38. The van der Waals surface area contributed by atoms with E-state index in [9.17, 15) is 0 Å². The van der Waals surface area contributed by atoms with Gasteiger partial charge in [-0.3, -0.25) is 0 Å². The summed E-state index contributed by atoms with van der Waals surface area (Å²) in [6.07, 6.45) is 0.862. The second-order valence-electron chi connectivity index (χ2n) is 2.59. The maximum atomic E-state index is 7.32. The Balaban J connectivity index is 0.000001000. The van der Waals surface area contributed by atoms with Crippen LogP contribution >= 0.6 is 0 Å². The van der Waals surface area contributed by atoms with Gasteiger partial charge < -0.3 is 5.73 Å². The first-order valence-electron chi connectivity index (χ1n) is 3.54. The van der Waals surface area contributed by atoms with Crippen LogP contribution in [0.5, 0.6) is 0 Å². The van der Waals surface area contributed by atoms with E-state index in [1.807, 2.05) is 25.1 Å². The standard InChI is InChI=1S/C9H12N.K/c1-8(10)7-9-5-3-2-4-6-9;/h2-6,8,10H,7H2,1H3;/q-1;+1. The first kappa shape index (κ1) is 11.8. The van der Waals surface area contributed by atoms with Crippen molar-refractivity contribution in [2.75, 3.05) is 0 Å². The summed E-state index contributed by atoms with van der Waals surface area (Å²) < 4.78 is 0.